The average Bonchev–Trinajstić information content (AvgIpc) is 2.73. The quantitative estimate of drug-likeness (QED) is 0.628. The predicted molar refractivity (Wildman–Crippen MR) is 110 cm³/mol. The van der Waals surface area contributed by atoms with Gasteiger partial charge in [-0.15, -0.1) is 0 Å². The molecule has 0 saturated carbocycles. The van der Waals surface area contributed by atoms with Crippen molar-refractivity contribution in [3.63, 3.8) is 0 Å². The standard InChI is InChI=1S/C22H19ClN2O3/c23-18-8-6-17(7-9-18)22(27)24-14-21(26)25-19-10-12-20(13-11-19)28-15-16-4-2-1-3-5-16/h1-13H,14-15H2,(H,24,27)(H,25,26). The Bertz CT molecular complexity index is 926. The summed E-state index contributed by atoms with van der Waals surface area (Å²) in [6, 6.07) is 23.4. The summed E-state index contributed by atoms with van der Waals surface area (Å²) < 4.78 is 5.71. The van der Waals surface area contributed by atoms with Crippen LogP contribution in [0.3, 0.4) is 0 Å². The molecule has 2 N–H and O–H groups in total. The number of amides is 2. The lowest BCUT2D eigenvalue weighted by Gasteiger charge is -2.09. The Morgan fingerprint density at radius 1 is 0.857 bits per heavy atom. The molecule has 142 valence electrons. The molecule has 2 amide bonds. The third kappa shape index (κ3) is 5.86. The number of halogens is 1. The minimum absolute atomic E-state index is 0.131. The third-order valence-electron chi connectivity index (χ3n) is 3.90. The van der Waals surface area contributed by atoms with Crippen LogP contribution in [-0.2, 0) is 11.4 Å². The average molecular weight is 395 g/mol. The summed E-state index contributed by atoms with van der Waals surface area (Å²) in [6.45, 7) is 0.344. The number of hydrogen-bond donors (Lipinski definition) is 2. The molecule has 6 heteroatoms. The van der Waals surface area contributed by atoms with E-state index in [2.05, 4.69) is 10.6 Å². The van der Waals surface area contributed by atoms with E-state index < -0.39 is 0 Å². The molecule has 0 aliphatic rings. The lowest BCUT2D eigenvalue weighted by atomic mass is 10.2. The molecule has 0 fully saturated rings. The van der Waals surface area contributed by atoms with Crippen molar-refractivity contribution in [1.29, 1.82) is 0 Å². The van der Waals surface area contributed by atoms with Crippen molar-refractivity contribution in [2.45, 2.75) is 6.61 Å². The first-order valence-corrected chi connectivity index (χ1v) is 9.08. The number of benzene rings is 3. The second-order valence-electron chi connectivity index (χ2n) is 6.04. The molecule has 0 aromatic heterocycles. The summed E-state index contributed by atoms with van der Waals surface area (Å²) >= 11 is 5.79. The molecule has 3 aromatic rings. The summed E-state index contributed by atoms with van der Waals surface area (Å²) in [4.78, 5) is 24.0. The van der Waals surface area contributed by atoms with Gasteiger partial charge in [-0.1, -0.05) is 41.9 Å². The van der Waals surface area contributed by atoms with Gasteiger partial charge in [0.1, 0.15) is 12.4 Å². The Balaban J connectivity index is 1.45. The van der Waals surface area contributed by atoms with Gasteiger partial charge in [0, 0.05) is 16.3 Å². The van der Waals surface area contributed by atoms with E-state index in [1.807, 2.05) is 30.3 Å². The van der Waals surface area contributed by atoms with Crippen molar-refractivity contribution < 1.29 is 14.3 Å². The van der Waals surface area contributed by atoms with E-state index in [1.165, 1.54) is 0 Å². The monoisotopic (exact) mass is 394 g/mol. The minimum atomic E-state index is -0.337. The Hall–Kier alpha value is -3.31. The van der Waals surface area contributed by atoms with Crippen LogP contribution < -0.4 is 15.4 Å². The second-order valence-corrected chi connectivity index (χ2v) is 6.47. The van der Waals surface area contributed by atoms with Gasteiger partial charge in [0.25, 0.3) is 5.91 Å². The molecule has 0 radical (unpaired) electrons. The molecular formula is C22H19ClN2O3. The van der Waals surface area contributed by atoms with E-state index in [0.717, 1.165) is 5.56 Å². The summed E-state index contributed by atoms with van der Waals surface area (Å²) in [5, 5.41) is 5.84. The van der Waals surface area contributed by atoms with Crippen molar-refractivity contribution >= 4 is 29.1 Å². The number of anilines is 1. The third-order valence-corrected chi connectivity index (χ3v) is 4.15. The van der Waals surface area contributed by atoms with Crippen molar-refractivity contribution in [2.75, 3.05) is 11.9 Å². The van der Waals surface area contributed by atoms with E-state index in [1.54, 1.807) is 48.5 Å². The van der Waals surface area contributed by atoms with Crippen molar-refractivity contribution in [3.05, 3.63) is 95.0 Å². The molecule has 28 heavy (non-hydrogen) atoms. The SMILES string of the molecule is O=C(CNC(=O)c1ccc(Cl)cc1)Nc1ccc(OCc2ccccc2)cc1. The highest BCUT2D eigenvalue weighted by atomic mass is 35.5. The zero-order chi connectivity index (χ0) is 19.8. The summed E-state index contributed by atoms with van der Waals surface area (Å²) in [5.74, 6) is 0.0506. The predicted octanol–water partition coefficient (Wildman–Crippen LogP) is 4.29. The molecule has 3 aromatic carbocycles. The van der Waals surface area contributed by atoms with Crippen LogP contribution in [0.4, 0.5) is 5.69 Å². The van der Waals surface area contributed by atoms with Gasteiger partial charge in [-0.2, -0.15) is 0 Å². The molecule has 0 atom stereocenters. The Kier molecular flexibility index (Phi) is 6.65. The number of carbonyl (C=O) groups excluding carboxylic acids is 2. The van der Waals surface area contributed by atoms with Gasteiger partial charge in [0.2, 0.25) is 5.91 Å². The van der Waals surface area contributed by atoms with Crippen LogP contribution in [0, 0.1) is 0 Å². The number of hydrogen-bond acceptors (Lipinski definition) is 3. The van der Waals surface area contributed by atoms with Crippen LogP contribution in [0.1, 0.15) is 15.9 Å². The number of carbonyl (C=O) groups is 2. The van der Waals surface area contributed by atoms with Crippen molar-refractivity contribution in [2.24, 2.45) is 0 Å². The van der Waals surface area contributed by atoms with E-state index in [4.69, 9.17) is 16.3 Å². The van der Waals surface area contributed by atoms with Crippen LogP contribution in [-0.4, -0.2) is 18.4 Å². The smallest absolute Gasteiger partial charge is 0.251 e. The number of nitrogens with one attached hydrogen (secondary N) is 2. The van der Waals surface area contributed by atoms with Gasteiger partial charge in [-0.05, 0) is 54.1 Å². The maximum absolute atomic E-state index is 12.0. The van der Waals surface area contributed by atoms with E-state index in [9.17, 15) is 9.59 Å². The zero-order valence-corrected chi connectivity index (χ0v) is 15.8. The van der Waals surface area contributed by atoms with Gasteiger partial charge in [0.15, 0.2) is 0 Å². The van der Waals surface area contributed by atoms with Gasteiger partial charge >= 0.3 is 0 Å². The van der Waals surface area contributed by atoms with Crippen LogP contribution in [0.25, 0.3) is 0 Å². The van der Waals surface area contributed by atoms with Gasteiger partial charge in [-0.3, -0.25) is 9.59 Å². The molecule has 0 aliphatic heterocycles. The largest absolute Gasteiger partial charge is 0.489 e. The van der Waals surface area contributed by atoms with E-state index in [0.29, 0.717) is 28.6 Å². The molecule has 0 spiro atoms. The molecular weight excluding hydrogens is 376 g/mol. The Labute approximate surface area is 168 Å². The Morgan fingerprint density at radius 2 is 1.54 bits per heavy atom. The summed E-state index contributed by atoms with van der Waals surface area (Å²) in [6.07, 6.45) is 0. The topological polar surface area (TPSA) is 67.4 Å². The fourth-order valence-corrected chi connectivity index (χ4v) is 2.57. The second kappa shape index (κ2) is 9.58. The van der Waals surface area contributed by atoms with Crippen molar-refractivity contribution in [3.8, 4) is 5.75 Å². The molecule has 3 rings (SSSR count). The molecule has 5 nitrogen and oxygen atoms in total. The maximum atomic E-state index is 12.0. The maximum Gasteiger partial charge on any atom is 0.251 e. The van der Waals surface area contributed by atoms with Gasteiger partial charge in [-0.25, -0.2) is 0 Å². The van der Waals surface area contributed by atoms with Crippen LogP contribution in [0.2, 0.25) is 5.02 Å². The van der Waals surface area contributed by atoms with Crippen LogP contribution in [0.15, 0.2) is 78.9 Å². The van der Waals surface area contributed by atoms with Crippen LogP contribution in [0.5, 0.6) is 5.75 Å². The first kappa shape index (κ1) is 19.5. The lowest BCUT2D eigenvalue weighted by Crippen LogP contribution is -2.32. The summed E-state index contributed by atoms with van der Waals surface area (Å²) in [5.41, 5.74) is 2.14. The van der Waals surface area contributed by atoms with Gasteiger partial charge < -0.3 is 15.4 Å². The van der Waals surface area contributed by atoms with Crippen LogP contribution >= 0.6 is 11.6 Å². The highest BCUT2D eigenvalue weighted by molar-refractivity contribution is 6.30. The number of rotatable bonds is 7. The first-order chi connectivity index (χ1) is 13.6. The Morgan fingerprint density at radius 3 is 2.21 bits per heavy atom. The normalized spacial score (nSPS) is 10.2. The zero-order valence-electron chi connectivity index (χ0n) is 15.0. The van der Waals surface area contributed by atoms with E-state index in [-0.39, 0.29) is 18.4 Å². The highest BCUT2D eigenvalue weighted by Gasteiger charge is 2.08. The molecule has 0 bridgehead atoms. The van der Waals surface area contributed by atoms with Crippen molar-refractivity contribution in [1.82, 2.24) is 5.32 Å². The molecule has 0 heterocycles. The van der Waals surface area contributed by atoms with Gasteiger partial charge in [0.05, 0.1) is 6.54 Å². The van der Waals surface area contributed by atoms with E-state index >= 15 is 0 Å². The molecule has 0 unspecified atom stereocenters. The minimum Gasteiger partial charge on any atom is -0.489 e. The molecule has 0 saturated heterocycles. The first-order valence-electron chi connectivity index (χ1n) is 8.70. The molecule has 0 aliphatic carbocycles. The highest BCUT2D eigenvalue weighted by Crippen LogP contribution is 2.17. The summed E-state index contributed by atoms with van der Waals surface area (Å²) in [7, 11) is 0. The lowest BCUT2D eigenvalue weighted by molar-refractivity contribution is -0.115. The fraction of sp³-hybridized carbons (Fsp3) is 0.0909. The fourth-order valence-electron chi connectivity index (χ4n) is 2.44. The number of ether oxygens (including phenoxy) is 1.